The summed E-state index contributed by atoms with van der Waals surface area (Å²) in [5, 5.41) is 0.582. The lowest BCUT2D eigenvalue weighted by atomic mass is 10.2. The second-order valence-electron chi connectivity index (χ2n) is 6.62. The molecule has 0 atom stereocenters. The predicted octanol–water partition coefficient (Wildman–Crippen LogP) is 7.03. The van der Waals surface area contributed by atoms with E-state index >= 15 is 0 Å². The number of hydrogen-bond acceptors (Lipinski definition) is 4. The molecule has 0 aliphatic carbocycles. The quantitative estimate of drug-likeness (QED) is 0.245. The molecule has 1 aliphatic heterocycles. The summed E-state index contributed by atoms with van der Waals surface area (Å²) in [6, 6.07) is 22.8. The van der Waals surface area contributed by atoms with Gasteiger partial charge in [-0.2, -0.15) is 0 Å². The number of carbonyl (C=O) groups excluding carboxylic acids is 1. The first-order valence-corrected chi connectivity index (χ1v) is 11.9. The van der Waals surface area contributed by atoms with Gasteiger partial charge in [-0.15, -0.1) is 6.42 Å². The van der Waals surface area contributed by atoms with E-state index < -0.39 is 0 Å². The number of terminal acetylenes is 1. The summed E-state index contributed by atoms with van der Waals surface area (Å²) >= 11 is 8.34. The number of benzene rings is 3. The van der Waals surface area contributed by atoms with Crippen LogP contribution in [0.3, 0.4) is 0 Å². The fourth-order valence-electron chi connectivity index (χ4n) is 3.06. The molecule has 0 aromatic heterocycles. The van der Waals surface area contributed by atoms with Crippen LogP contribution in [-0.4, -0.2) is 17.7 Å². The first-order chi connectivity index (χ1) is 15.6. The average Bonchev–Trinajstić information content (AvgIpc) is 3.09. The van der Waals surface area contributed by atoms with Crippen LogP contribution in [0.5, 0.6) is 5.75 Å². The summed E-state index contributed by atoms with van der Waals surface area (Å²) in [5.74, 6) is 2.89. The van der Waals surface area contributed by atoms with Crippen LogP contribution in [0.1, 0.15) is 5.56 Å². The molecule has 0 radical (unpaired) electrons. The summed E-state index contributed by atoms with van der Waals surface area (Å²) in [5.41, 5.74) is 2.25. The Morgan fingerprint density at radius 2 is 1.75 bits per heavy atom. The number of aliphatic imine (C=N–C) groups is 1. The topological polar surface area (TPSA) is 41.9 Å². The number of rotatable bonds is 5. The van der Waals surface area contributed by atoms with Crippen molar-refractivity contribution in [3.63, 3.8) is 0 Å². The van der Waals surface area contributed by atoms with E-state index in [0.29, 0.717) is 15.8 Å². The molecule has 1 heterocycles. The molecule has 0 spiro atoms. The van der Waals surface area contributed by atoms with E-state index in [-0.39, 0.29) is 12.5 Å². The van der Waals surface area contributed by atoms with Crippen LogP contribution in [-0.2, 0) is 4.79 Å². The molecule has 4 rings (SSSR count). The van der Waals surface area contributed by atoms with Gasteiger partial charge < -0.3 is 4.74 Å². The number of amides is 1. The summed E-state index contributed by atoms with van der Waals surface area (Å²) in [6.07, 6.45) is 7.17. The Morgan fingerprint density at radius 3 is 2.44 bits per heavy atom. The second kappa shape index (κ2) is 10.2. The van der Waals surface area contributed by atoms with Crippen LogP contribution in [0.15, 0.2) is 91.6 Å². The van der Waals surface area contributed by atoms with Gasteiger partial charge in [-0.25, -0.2) is 4.99 Å². The van der Waals surface area contributed by atoms with Gasteiger partial charge in [0.25, 0.3) is 5.91 Å². The number of halogens is 2. The van der Waals surface area contributed by atoms with Gasteiger partial charge in [0.2, 0.25) is 0 Å². The molecule has 0 unspecified atom stereocenters. The molecule has 1 aliphatic rings. The van der Waals surface area contributed by atoms with Crippen LogP contribution in [0.25, 0.3) is 6.08 Å². The average molecular weight is 568 g/mol. The number of carbonyl (C=O) groups is 1. The smallest absolute Gasteiger partial charge is 0.271 e. The largest absolute Gasteiger partial charge is 0.479 e. The lowest BCUT2D eigenvalue weighted by molar-refractivity contribution is -0.113. The first-order valence-electron chi connectivity index (χ1n) is 9.55. The molecule has 3 aromatic rings. The van der Waals surface area contributed by atoms with Gasteiger partial charge in [0.1, 0.15) is 12.4 Å². The normalized spacial score (nSPS) is 15.9. The Balaban J connectivity index is 1.80. The Morgan fingerprint density at radius 1 is 1.06 bits per heavy atom. The van der Waals surface area contributed by atoms with Gasteiger partial charge in [-0.3, -0.25) is 9.69 Å². The fourth-order valence-corrected chi connectivity index (χ4v) is 5.43. The SMILES string of the molecule is C#CCOc1c(Br)cc(Br)cc1/C=C1/SC(=Nc2ccccc2)N(c2ccccc2)C1=O. The van der Waals surface area contributed by atoms with Crippen LogP contribution >= 0.6 is 43.6 Å². The highest BCUT2D eigenvalue weighted by molar-refractivity contribution is 9.11. The van der Waals surface area contributed by atoms with Gasteiger partial charge in [-0.1, -0.05) is 58.2 Å². The highest BCUT2D eigenvalue weighted by atomic mass is 79.9. The molecule has 1 saturated heterocycles. The minimum absolute atomic E-state index is 0.119. The van der Waals surface area contributed by atoms with Crippen molar-refractivity contribution in [1.82, 2.24) is 0 Å². The van der Waals surface area contributed by atoms with E-state index in [1.54, 1.807) is 11.0 Å². The Bertz CT molecular complexity index is 1250. The third-order valence-electron chi connectivity index (χ3n) is 4.43. The molecular weight excluding hydrogens is 552 g/mol. The lowest BCUT2D eigenvalue weighted by Crippen LogP contribution is -2.28. The maximum Gasteiger partial charge on any atom is 0.271 e. The van der Waals surface area contributed by atoms with Crippen molar-refractivity contribution in [3.05, 3.63) is 92.2 Å². The molecule has 158 valence electrons. The van der Waals surface area contributed by atoms with E-state index in [9.17, 15) is 4.79 Å². The lowest BCUT2D eigenvalue weighted by Gasteiger charge is -2.15. The summed E-state index contributed by atoms with van der Waals surface area (Å²) in [6.45, 7) is 0.119. The number of para-hydroxylation sites is 2. The number of anilines is 1. The molecule has 32 heavy (non-hydrogen) atoms. The Kier molecular flexibility index (Phi) is 7.15. The molecule has 3 aromatic carbocycles. The van der Waals surface area contributed by atoms with Crippen molar-refractivity contribution in [3.8, 4) is 18.1 Å². The number of nitrogens with zero attached hydrogens (tertiary/aromatic N) is 2. The van der Waals surface area contributed by atoms with Crippen molar-refractivity contribution in [2.24, 2.45) is 4.99 Å². The molecular formula is C25H16Br2N2O2S. The van der Waals surface area contributed by atoms with Gasteiger partial charge in [-0.05, 0) is 70.2 Å². The number of ether oxygens (including phenoxy) is 1. The van der Waals surface area contributed by atoms with E-state index in [1.807, 2.05) is 72.8 Å². The first kappa shape index (κ1) is 22.4. The van der Waals surface area contributed by atoms with Crippen molar-refractivity contribution >= 4 is 72.1 Å². The van der Waals surface area contributed by atoms with E-state index in [1.165, 1.54) is 11.8 Å². The van der Waals surface area contributed by atoms with Crippen molar-refractivity contribution in [1.29, 1.82) is 0 Å². The minimum atomic E-state index is -0.158. The monoisotopic (exact) mass is 566 g/mol. The third kappa shape index (κ3) is 4.99. The van der Waals surface area contributed by atoms with Crippen LogP contribution in [0.2, 0.25) is 0 Å². The summed E-state index contributed by atoms with van der Waals surface area (Å²) in [7, 11) is 0. The number of thioether (sulfide) groups is 1. The van der Waals surface area contributed by atoms with Crippen molar-refractivity contribution in [2.75, 3.05) is 11.5 Å². The van der Waals surface area contributed by atoms with Crippen molar-refractivity contribution in [2.45, 2.75) is 0 Å². The van der Waals surface area contributed by atoms with Crippen LogP contribution in [0.4, 0.5) is 11.4 Å². The van der Waals surface area contributed by atoms with E-state index in [4.69, 9.17) is 16.2 Å². The van der Waals surface area contributed by atoms with Crippen molar-refractivity contribution < 1.29 is 9.53 Å². The molecule has 0 saturated carbocycles. The Labute approximate surface area is 207 Å². The number of amidine groups is 1. The number of hydrogen-bond donors (Lipinski definition) is 0. The van der Waals surface area contributed by atoms with Gasteiger partial charge >= 0.3 is 0 Å². The van der Waals surface area contributed by atoms with E-state index in [0.717, 1.165) is 25.9 Å². The third-order valence-corrected chi connectivity index (χ3v) is 6.44. The molecule has 1 amide bonds. The summed E-state index contributed by atoms with van der Waals surface area (Å²) in [4.78, 5) is 20.3. The summed E-state index contributed by atoms with van der Waals surface area (Å²) < 4.78 is 7.32. The maximum absolute atomic E-state index is 13.5. The zero-order chi connectivity index (χ0) is 22.5. The molecule has 0 N–H and O–H groups in total. The van der Waals surface area contributed by atoms with Gasteiger partial charge in [0.15, 0.2) is 5.17 Å². The molecule has 4 nitrogen and oxygen atoms in total. The van der Waals surface area contributed by atoms with E-state index in [2.05, 4.69) is 37.8 Å². The predicted molar refractivity (Wildman–Crippen MR) is 139 cm³/mol. The van der Waals surface area contributed by atoms with Crippen LogP contribution in [0, 0.1) is 12.3 Å². The molecule has 1 fully saturated rings. The zero-order valence-corrected chi connectivity index (χ0v) is 20.7. The second-order valence-corrected chi connectivity index (χ2v) is 9.39. The maximum atomic E-state index is 13.5. The zero-order valence-electron chi connectivity index (χ0n) is 16.7. The standard InChI is InChI=1S/C25H16Br2N2O2S/c1-2-13-31-23-17(14-18(26)16-21(23)27)15-22-24(30)29(20-11-7-4-8-12-20)25(32-22)28-19-9-5-3-6-10-19/h1,3-12,14-16H,13H2/b22-15+,28-25?. The molecule has 7 heteroatoms. The highest BCUT2D eigenvalue weighted by Gasteiger charge is 2.35. The Hall–Kier alpha value is -2.79. The highest BCUT2D eigenvalue weighted by Crippen LogP contribution is 2.40. The minimum Gasteiger partial charge on any atom is -0.479 e. The fraction of sp³-hybridized carbons (Fsp3) is 0.0400. The molecule has 0 bridgehead atoms. The van der Waals surface area contributed by atoms with Crippen LogP contribution < -0.4 is 9.64 Å². The van der Waals surface area contributed by atoms with Gasteiger partial charge in [0, 0.05) is 10.0 Å². The van der Waals surface area contributed by atoms with Gasteiger partial charge in [0.05, 0.1) is 20.8 Å².